The Morgan fingerprint density at radius 3 is 2.05 bits per heavy atom. The summed E-state index contributed by atoms with van der Waals surface area (Å²) in [5, 5.41) is 3.19. The molecule has 0 amide bonds. The first-order chi connectivity index (χ1) is 10.2. The molecule has 0 aliphatic heterocycles. The third-order valence-electron chi connectivity index (χ3n) is 2.86. The van der Waals surface area contributed by atoms with E-state index in [-0.39, 0.29) is 5.02 Å². The maximum absolute atomic E-state index is 12.1. The molecule has 0 radical (unpaired) electrons. The first-order valence-electron chi connectivity index (χ1n) is 6.90. The number of alkyl halides is 3. The van der Waals surface area contributed by atoms with Crippen molar-refractivity contribution in [3.63, 3.8) is 0 Å². The van der Waals surface area contributed by atoms with Gasteiger partial charge in [0.05, 0.1) is 16.8 Å². The van der Waals surface area contributed by atoms with E-state index >= 15 is 0 Å². The van der Waals surface area contributed by atoms with Crippen LogP contribution in [0.1, 0.15) is 36.7 Å². The highest BCUT2D eigenvalue weighted by atomic mass is 35.5. The average molecular weight is 334 g/mol. The molecular formula is C16H19ClF3NO. The number of aromatic nitrogens is 1. The zero-order chi connectivity index (χ0) is 16.8. The Hall–Kier alpha value is -1.49. The van der Waals surface area contributed by atoms with Gasteiger partial charge in [0.2, 0.25) is 0 Å². The zero-order valence-electron chi connectivity index (χ0n) is 12.7. The van der Waals surface area contributed by atoms with Gasteiger partial charge in [-0.1, -0.05) is 48.2 Å². The monoisotopic (exact) mass is 333 g/mol. The standard InChI is InChI=1S/C8H6ClF3.C4H5NO.C4H8/c1-5-2-3-7(9)6(4-5)8(10,11)12;1-4-2-3-5-6-4;1-4-2-3-4/h2-4H,1H3;2-3H,1H3;4H,2-3H2,1H3. The molecule has 2 nitrogen and oxygen atoms in total. The summed E-state index contributed by atoms with van der Waals surface area (Å²) in [7, 11) is 0. The van der Waals surface area contributed by atoms with Crippen LogP contribution >= 0.6 is 11.6 Å². The van der Waals surface area contributed by atoms with Gasteiger partial charge in [0.15, 0.2) is 0 Å². The van der Waals surface area contributed by atoms with Gasteiger partial charge >= 0.3 is 6.18 Å². The van der Waals surface area contributed by atoms with Crippen LogP contribution in [0.4, 0.5) is 13.2 Å². The van der Waals surface area contributed by atoms with Crippen LogP contribution in [0.3, 0.4) is 0 Å². The number of hydrogen-bond acceptors (Lipinski definition) is 2. The van der Waals surface area contributed by atoms with Crippen LogP contribution in [-0.2, 0) is 6.18 Å². The predicted octanol–water partition coefficient (Wildman–Crippen LogP) is 6.07. The lowest BCUT2D eigenvalue weighted by Crippen LogP contribution is -2.05. The van der Waals surface area contributed by atoms with Crippen LogP contribution in [0.15, 0.2) is 35.0 Å². The molecule has 1 aromatic heterocycles. The zero-order valence-corrected chi connectivity index (χ0v) is 13.5. The number of halogens is 4. The molecule has 0 atom stereocenters. The Morgan fingerprint density at radius 2 is 1.77 bits per heavy atom. The van der Waals surface area contributed by atoms with Crippen molar-refractivity contribution in [1.29, 1.82) is 0 Å². The number of aryl methyl sites for hydroxylation is 2. The van der Waals surface area contributed by atoms with Gasteiger partial charge in [-0.3, -0.25) is 0 Å². The third kappa shape index (κ3) is 7.50. The number of hydrogen-bond donors (Lipinski definition) is 0. The van der Waals surface area contributed by atoms with E-state index in [1.165, 1.54) is 25.0 Å². The van der Waals surface area contributed by atoms with Crippen molar-refractivity contribution in [3.8, 4) is 0 Å². The van der Waals surface area contributed by atoms with Crippen LogP contribution in [0.25, 0.3) is 0 Å². The SMILES string of the molecule is CC1CC1.Cc1ccc(Cl)c(C(F)(F)F)c1.Cc1ccno1. The lowest BCUT2D eigenvalue weighted by Gasteiger charge is -2.08. The summed E-state index contributed by atoms with van der Waals surface area (Å²) in [6, 6.07) is 5.62. The summed E-state index contributed by atoms with van der Waals surface area (Å²) in [4.78, 5) is 0. The number of rotatable bonds is 0. The van der Waals surface area contributed by atoms with Gasteiger partial charge in [-0.05, 0) is 31.9 Å². The molecule has 0 spiro atoms. The minimum Gasteiger partial charge on any atom is -0.362 e. The van der Waals surface area contributed by atoms with E-state index < -0.39 is 11.7 Å². The van der Waals surface area contributed by atoms with E-state index in [4.69, 9.17) is 11.6 Å². The van der Waals surface area contributed by atoms with Crippen LogP contribution in [0.5, 0.6) is 0 Å². The van der Waals surface area contributed by atoms with Gasteiger partial charge in [-0.2, -0.15) is 13.2 Å². The van der Waals surface area contributed by atoms with Crippen molar-refractivity contribution in [2.45, 2.75) is 39.8 Å². The molecule has 1 aliphatic carbocycles. The molecule has 2 aromatic rings. The fourth-order valence-corrected chi connectivity index (χ4v) is 1.53. The van der Waals surface area contributed by atoms with Crippen molar-refractivity contribution in [3.05, 3.63) is 52.4 Å². The van der Waals surface area contributed by atoms with Crippen molar-refractivity contribution < 1.29 is 17.7 Å². The van der Waals surface area contributed by atoms with Crippen molar-refractivity contribution >= 4 is 11.6 Å². The third-order valence-corrected chi connectivity index (χ3v) is 3.19. The summed E-state index contributed by atoms with van der Waals surface area (Å²) in [6.45, 7) is 5.72. The van der Waals surface area contributed by atoms with E-state index in [1.54, 1.807) is 19.2 Å². The number of benzene rings is 1. The molecule has 0 saturated heterocycles. The van der Waals surface area contributed by atoms with Crippen LogP contribution in [0, 0.1) is 19.8 Å². The highest BCUT2D eigenvalue weighted by molar-refractivity contribution is 6.31. The number of nitrogens with zero attached hydrogens (tertiary/aromatic N) is 1. The Kier molecular flexibility index (Phi) is 6.94. The maximum Gasteiger partial charge on any atom is 0.417 e. The smallest absolute Gasteiger partial charge is 0.362 e. The second-order valence-corrected chi connectivity index (χ2v) is 5.69. The molecule has 0 unspecified atom stereocenters. The fourth-order valence-electron chi connectivity index (χ4n) is 1.30. The molecule has 3 rings (SSSR count). The fraction of sp³-hybridized carbons (Fsp3) is 0.438. The highest BCUT2D eigenvalue weighted by Crippen LogP contribution is 2.34. The topological polar surface area (TPSA) is 26.0 Å². The molecule has 1 aliphatic rings. The van der Waals surface area contributed by atoms with Crippen molar-refractivity contribution in [2.75, 3.05) is 0 Å². The largest absolute Gasteiger partial charge is 0.417 e. The second-order valence-electron chi connectivity index (χ2n) is 5.29. The normalized spacial score (nSPS) is 13.6. The summed E-state index contributed by atoms with van der Waals surface area (Å²) >= 11 is 5.36. The quantitative estimate of drug-likeness (QED) is 0.585. The van der Waals surface area contributed by atoms with Gasteiger partial charge in [0.1, 0.15) is 5.76 Å². The van der Waals surface area contributed by atoms with Crippen molar-refractivity contribution in [2.24, 2.45) is 5.92 Å². The summed E-state index contributed by atoms with van der Waals surface area (Å²) in [5.74, 6) is 1.94. The van der Waals surface area contributed by atoms with E-state index in [0.29, 0.717) is 5.56 Å². The van der Waals surface area contributed by atoms with E-state index in [9.17, 15) is 13.2 Å². The van der Waals surface area contributed by atoms with Crippen LogP contribution < -0.4 is 0 Å². The molecule has 6 heteroatoms. The van der Waals surface area contributed by atoms with Gasteiger partial charge in [0.25, 0.3) is 0 Å². The predicted molar refractivity (Wildman–Crippen MR) is 80.8 cm³/mol. The van der Waals surface area contributed by atoms with Crippen LogP contribution in [0.2, 0.25) is 5.02 Å². The molecule has 1 aromatic carbocycles. The molecular weight excluding hydrogens is 315 g/mol. The van der Waals surface area contributed by atoms with Crippen molar-refractivity contribution in [1.82, 2.24) is 5.16 Å². The first kappa shape index (κ1) is 18.6. The summed E-state index contributed by atoms with van der Waals surface area (Å²) in [5.41, 5.74) is -0.226. The molecule has 1 fully saturated rings. The van der Waals surface area contributed by atoms with E-state index in [1.807, 2.05) is 6.92 Å². The molecule has 1 heterocycles. The molecule has 122 valence electrons. The van der Waals surface area contributed by atoms with E-state index in [2.05, 4.69) is 16.6 Å². The van der Waals surface area contributed by atoms with Gasteiger partial charge in [0, 0.05) is 6.07 Å². The molecule has 22 heavy (non-hydrogen) atoms. The van der Waals surface area contributed by atoms with Crippen LogP contribution in [-0.4, -0.2) is 5.16 Å². The van der Waals surface area contributed by atoms with Gasteiger partial charge in [-0.25, -0.2) is 0 Å². The highest BCUT2D eigenvalue weighted by Gasteiger charge is 2.32. The lowest BCUT2D eigenvalue weighted by molar-refractivity contribution is -0.137. The van der Waals surface area contributed by atoms with Gasteiger partial charge in [-0.15, -0.1) is 0 Å². The Labute approximate surface area is 133 Å². The molecule has 0 bridgehead atoms. The Balaban J connectivity index is 0.000000198. The Bertz CT molecular complexity index is 563. The van der Waals surface area contributed by atoms with Gasteiger partial charge < -0.3 is 4.52 Å². The molecule has 1 saturated carbocycles. The second kappa shape index (κ2) is 8.22. The lowest BCUT2D eigenvalue weighted by atomic mass is 10.1. The molecule has 0 N–H and O–H groups in total. The minimum absolute atomic E-state index is 0.256. The Morgan fingerprint density at radius 1 is 1.18 bits per heavy atom. The van der Waals surface area contributed by atoms with E-state index in [0.717, 1.165) is 17.7 Å². The minimum atomic E-state index is -4.36. The maximum atomic E-state index is 12.1. The average Bonchev–Trinajstić information content (AvgIpc) is 3.05. The summed E-state index contributed by atoms with van der Waals surface area (Å²) < 4.78 is 41.0. The summed E-state index contributed by atoms with van der Waals surface area (Å²) in [6.07, 6.45) is 0.235. The first-order valence-corrected chi connectivity index (χ1v) is 7.28.